The summed E-state index contributed by atoms with van der Waals surface area (Å²) in [5.41, 5.74) is 2.13. The molecule has 1 aromatic heterocycles. The molecule has 1 unspecified atom stereocenters. The van der Waals surface area contributed by atoms with Gasteiger partial charge in [0.15, 0.2) is 0 Å². The fraction of sp³-hybridized carbons (Fsp3) is 0.333. The molecule has 0 saturated carbocycles. The first-order chi connectivity index (χ1) is 8.11. The van der Waals surface area contributed by atoms with Gasteiger partial charge in [-0.3, -0.25) is 0 Å². The molecule has 0 radical (unpaired) electrons. The summed E-state index contributed by atoms with van der Waals surface area (Å²) in [6, 6.07) is 6.06. The zero-order valence-electron chi connectivity index (χ0n) is 9.99. The van der Waals surface area contributed by atoms with Crippen molar-refractivity contribution < 1.29 is 4.52 Å². The van der Waals surface area contributed by atoms with E-state index in [0.29, 0.717) is 11.7 Å². The average Bonchev–Trinajstić information content (AvgIpc) is 2.81. The van der Waals surface area contributed by atoms with Gasteiger partial charge >= 0.3 is 0 Å². The van der Waals surface area contributed by atoms with E-state index in [1.165, 1.54) is 5.56 Å². The Morgan fingerprint density at radius 2 is 2.18 bits per heavy atom. The van der Waals surface area contributed by atoms with Crippen molar-refractivity contribution in [1.29, 1.82) is 0 Å². The van der Waals surface area contributed by atoms with Crippen LogP contribution < -0.4 is 5.32 Å². The topological polar surface area (TPSA) is 51.0 Å². The molecule has 0 aliphatic rings. The monoisotopic (exact) mass is 295 g/mol. The summed E-state index contributed by atoms with van der Waals surface area (Å²) >= 11 is 3.49. The predicted octanol–water partition coefficient (Wildman–Crippen LogP) is 3.09. The highest BCUT2D eigenvalue weighted by Gasteiger charge is 2.13. The molecule has 1 heterocycles. The fourth-order valence-corrected chi connectivity index (χ4v) is 1.76. The third-order valence-corrected chi connectivity index (χ3v) is 3.53. The maximum atomic E-state index is 5.20. The lowest BCUT2D eigenvalue weighted by Crippen LogP contribution is -2.12. The quantitative estimate of drug-likeness (QED) is 0.945. The molecule has 0 saturated heterocycles. The van der Waals surface area contributed by atoms with Crippen LogP contribution >= 0.6 is 15.9 Å². The Kier molecular flexibility index (Phi) is 3.59. The molecule has 2 rings (SSSR count). The molecule has 1 atom stereocenters. The zero-order chi connectivity index (χ0) is 12.4. The molecule has 0 bridgehead atoms. The normalized spacial score (nSPS) is 12.7. The van der Waals surface area contributed by atoms with Crippen molar-refractivity contribution in [2.75, 3.05) is 7.05 Å². The molecular formula is C12H14BrN3O. The Bertz CT molecular complexity index is 524. The molecule has 17 heavy (non-hydrogen) atoms. The molecule has 0 fully saturated rings. The van der Waals surface area contributed by atoms with E-state index < -0.39 is 0 Å². The van der Waals surface area contributed by atoms with Gasteiger partial charge in [-0.05, 0) is 32.5 Å². The van der Waals surface area contributed by atoms with E-state index >= 15 is 0 Å². The van der Waals surface area contributed by atoms with Crippen LogP contribution in [-0.2, 0) is 0 Å². The maximum Gasteiger partial charge on any atom is 0.243 e. The second kappa shape index (κ2) is 4.98. The maximum absolute atomic E-state index is 5.20. The molecule has 5 heteroatoms. The predicted molar refractivity (Wildman–Crippen MR) is 69.6 cm³/mol. The molecule has 1 aromatic carbocycles. The zero-order valence-corrected chi connectivity index (χ0v) is 11.6. The van der Waals surface area contributed by atoms with Crippen molar-refractivity contribution in [3.63, 3.8) is 0 Å². The molecule has 0 aliphatic carbocycles. The Morgan fingerprint density at radius 1 is 1.41 bits per heavy atom. The van der Waals surface area contributed by atoms with E-state index in [9.17, 15) is 0 Å². The number of aryl methyl sites for hydroxylation is 1. The van der Waals surface area contributed by atoms with Crippen LogP contribution in [0.3, 0.4) is 0 Å². The van der Waals surface area contributed by atoms with Crippen molar-refractivity contribution in [2.24, 2.45) is 0 Å². The van der Waals surface area contributed by atoms with Crippen molar-refractivity contribution in [3.05, 3.63) is 34.1 Å². The lowest BCUT2D eigenvalue weighted by Gasteiger charge is -2.01. The van der Waals surface area contributed by atoms with Crippen LogP contribution in [0.1, 0.15) is 24.4 Å². The van der Waals surface area contributed by atoms with Crippen LogP contribution in [0.2, 0.25) is 0 Å². The first-order valence-corrected chi connectivity index (χ1v) is 6.18. The van der Waals surface area contributed by atoms with Crippen LogP contribution in [0.4, 0.5) is 0 Å². The van der Waals surface area contributed by atoms with Crippen molar-refractivity contribution >= 4 is 15.9 Å². The number of halogens is 1. The number of rotatable bonds is 3. The van der Waals surface area contributed by atoms with E-state index in [2.05, 4.69) is 31.4 Å². The van der Waals surface area contributed by atoms with Gasteiger partial charge in [-0.1, -0.05) is 33.2 Å². The van der Waals surface area contributed by atoms with E-state index in [4.69, 9.17) is 4.52 Å². The number of benzene rings is 1. The van der Waals surface area contributed by atoms with Crippen LogP contribution in [0, 0.1) is 6.92 Å². The van der Waals surface area contributed by atoms with Gasteiger partial charge in [0.2, 0.25) is 11.7 Å². The second-order valence-electron chi connectivity index (χ2n) is 3.93. The summed E-state index contributed by atoms with van der Waals surface area (Å²) in [6.45, 7) is 4.01. The van der Waals surface area contributed by atoms with Gasteiger partial charge in [-0.15, -0.1) is 0 Å². The summed E-state index contributed by atoms with van der Waals surface area (Å²) < 4.78 is 6.25. The number of nitrogens with one attached hydrogen (secondary N) is 1. The van der Waals surface area contributed by atoms with Gasteiger partial charge in [0.1, 0.15) is 0 Å². The summed E-state index contributed by atoms with van der Waals surface area (Å²) in [6.07, 6.45) is 0. The Labute approximate surface area is 109 Å². The van der Waals surface area contributed by atoms with Gasteiger partial charge in [0.05, 0.1) is 6.04 Å². The summed E-state index contributed by atoms with van der Waals surface area (Å²) in [4.78, 5) is 4.36. The molecular weight excluding hydrogens is 282 g/mol. The van der Waals surface area contributed by atoms with Gasteiger partial charge < -0.3 is 9.84 Å². The minimum atomic E-state index is 0.0603. The summed E-state index contributed by atoms with van der Waals surface area (Å²) in [5.74, 6) is 1.21. The smallest absolute Gasteiger partial charge is 0.243 e. The van der Waals surface area contributed by atoms with E-state index in [-0.39, 0.29) is 6.04 Å². The standard InChI is InChI=1S/C12H14BrN3O/c1-7-4-5-9(6-10(7)13)11-15-12(17-16-11)8(2)14-3/h4-6,8,14H,1-3H3. The Balaban J connectivity index is 2.33. The first-order valence-electron chi connectivity index (χ1n) is 5.39. The number of hydrogen-bond acceptors (Lipinski definition) is 4. The molecule has 2 aromatic rings. The highest BCUT2D eigenvalue weighted by atomic mass is 79.9. The lowest BCUT2D eigenvalue weighted by molar-refractivity contribution is 0.347. The summed E-state index contributed by atoms with van der Waals surface area (Å²) in [5, 5.41) is 7.04. The first kappa shape index (κ1) is 12.3. The SMILES string of the molecule is CNC(C)c1nc(-c2ccc(C)c(Br)c2)no1. The fourth-order valence-electron chi connectivity index (χ4n) is 1.38. The van der Waals surface area contributed by atoms with Crippen molar-refractivity contribution in [1.82, 2.24) is 15.5 Å². The summed E-state index contributed by atoms with van der Waals surface area (Å²) in [7, 11) is 1.86. The minimum absolute atomic E-state index is 0.0603. The van der Waals surface area contributed by atoms with Gasteiger partial charge in [0.25, 0.3) is 0 Å². The highest BCUT2D eigenvalue weighted by molar-refractivity contribution is 9.10. The molecule has 90 valence electrons. The van der Waals surface area contributed by atoms with Crippen molar-refractivity contribution in [2.45, 2.75) is 19.9 Å². The van der Waals surface area contributed by atoms with Crippen molar-refractivity contribution in [3.8, 4) is 11.4 Å². The second-order valence-corrected chi connectivity index (χ2v) is 4.78. The van der Waals surface area contributed by atoms with E-state index in [0.717, 1.165) is 10.0 Å². The van der Waals surface area contributed by atoms with Crippen LogP contribution in [0.15, 0.2) is 27.2 Å². The van der Waals surface area contributed by atoms with Gasteiger partial charge in [-0.2, -0.15) is 4.98 Å². The molecule has 4 nitrogen and oxygen atoms in total. The van der Waals surface area contributed by atoms with Gasteiger partial charge in [-0.25, -0.2) is 0 Å². The van der Waals surface area contributed by atoms with Crippen LogP contribution in [-0.4, -0.2) is 17.2 Å². The van der Waals surface area contributed by atoms with Crippen LogP contribution in [0.5, 0.6) is 0 Å². The van der Waals surface area contributed by atoms with Gasteiger partial charge in [0, 0.05) is 10.0 Å². The Hall–Kier alpha value is -1.20. The minimum Gasteiger partial charge on any atom is -0.337 e. The third-order valence-electron chi connectivity index (χ3n) is 2.68. The lowest BCUT2D eigenvalue weighted by atomic mass is 10.1. The number of aromatic nitrogens is 2. The molecule has 0 spiro atoms. The average molecular weight is 296 g/mol. The number of hydrogen-bond donors (Lipinski definition) is 1. The van der Waals surface area contributed by atoms with E-state index in [1.54, 1.807) is 0 Å². The third kappa shape index (κ3) is 2.56. The Morgan fingerprint density at radius 3 is 2.82 bits per heavy atom. The number of nitrogens with zero attached hydrogens (tertiary/aromatic N) is 2. The van der Waals surface area contributed by atoms with E-state index in [1.807, 2.05) is 39.1 Å². The molecule has 0 amide bonds. The molecule has 1 N–H and O–H groups in total. The molecule has 0 aliphatic heterocycles. The highest BCUT2D eigenvalue weighted by Crippen LogP contribution is 2.24. The largest absolute Gasteiger partial charge is 0.337 e. The van der Waals surface area contributed by atoms with Crippen LogP contribution in [0.25, 0.3) is 11.4 Å².